The molecule has 6 heteroatoms. The summed E-state index contributed by atoms with van der Waals surface area (Å²) in [7, 11) is 1.92. The van der Waals surface area contributed by atoms with E-state index >= 15 is 0 Å². The second kappa shape index (κ2) is 6.64. The Bertz CT molecular complexity index is 1090. The van der Waals surface area contributed by atoms with Crippen LogP contribution < -0.4 is 0 Å². The molecule has 0 aliphatic heterocycles. The van der Waals surface area contributed by atoms with E-state index in [1.165, 1.54) is 0 Å². The molecule has 0 radical (unpaired) electrons. The molecule has 1 heterocycles. The van der Waals surface area contributed by atoms with Gasteiger partial charge in [-0.25, -0.2) is 0 Å². The number of ketones is 1. The van der Waals surface area contributed by atoms with Crippen LogP contribution in [0, 0.1) is 5.41 Å². The van der Waals surface area contributed by atoms with Gasteiger partial charge in [-0.15, -0.1) is 23.2 Å². The maximum absolute atomic E-state index is 13.1. The number of ether oxygens (including phenoxy) is 1. The maximum atomic E-state index is 13.1. The topological polar surface area (TPSA) is 48.3 Å². The molecule has 1 aliphatic rings. The van der Waals surface area contributed by atoms with Crippen LogP contribution in [0.3, 0.4) is 0 Å². The van der Waals surface area contributed by atoms with Crippen LogP contribution in [0.1, 0.15) is 23.7 Å². The molecular weight excluding hydrogens is 397 g/mol. The molecule has 3 aromatic rings. The van der Waals surface area contributed by atoms with E-state index in [0.717, 1.165) is 22.2 Å². The fourth-order valence-electron chi connectivity index (χ4n) is 3.59. The molecule has 144 valence electrons. The quantitative estimate of drug-likeness (QED) is 0.328. The number of hydrogen-bond donors (Lipinski definition) is 0. The van der Waals surface area contributed by atoms with Gasteiger partial charge >= 0.3 is 5.97 Å². The SMILES string of the molecule is Cn1c(-c2ccccc2)c(C(=O)COC(=O)[C@]2(C)CC2(Cl)Cl)c2ccccc21. The van der Waals surface area contributed by atoms with Gasteiger partial charge in [0.1, 0.15) is 9.75 Å². The van der Waals surface area contributed by atoms with Crippen LogP contribution in [0.4, 0.5) is 0 Å². The normalized spacial score (nSPS) is 20.1. The van der Waals surface area contributed by atoms with Crippen LogP contribution in [0.2, 0.25) is 0 Å². The monoisotopic (exact) mass is 415 g/mol. The van der Waals surface area contributed by atoms with Crippen LogP contribution in [-0.2, 0) is 16.6 Å². The molecule has 0 amide bonds. The van der Waals surface area contributed by atoms with Crippen LogP contribution in [0.25, 0.3) is 22.2 Å². The highest BCUT2D eigenvalue weighted by atomic mass is 35.5. The summed E-state index contributed by atoms with van der Waals surface area (Å²) in [5.74, 6) is -0.810. The average Bonchev–Trinajstić information content (AvgIpc) is 3.07. The van der Waals surface area contributed by atoms with Crippen molar-refractivity contribution in [1.82, 2.24) is 4.57 Å². The second-order valence-electron chi connectivity index (χ2n) is 7.38. The standard InChI is InChI=1S/C22H19Cl2NO3/c1-21(13-22(21,23)24)20(27)28-12-17(26)18-15-10-6-7-11-16(15)25(2)19(18)14-8-4-3-5-9-14/h3-11H,12-13H2,1-2H3/t21-/m0/s1. The number of Topliss-reactive ketones (excluding diaryl/α,β-unsaturated/α-hetero) is 1. The third-order valence-corrected chi connectivity index (χ3v) is 6.58. The smallest absolute Gasteiger partial charge is 0.315 e. The van der Waals surface area contributed by atoms with Crippen molar-refractivity contribution in [3.63, 3.8) is 0 Å². The minimum atomic E-state index is -1.12. The van der Waals surface area contributed by atoms with E-state index in [2.05, 4.69) is 0 Å². The zero-order chi connectivity index (χ0) is 20.1. The lowest BCUT2D eigenvalue weighted by molar-refractivity contribution is -0.148. The van der Waals surface area contributed by atoms with E-state index in [0.29, 0.717) is 12.0 Å². The van der Waals surface area contributed by atoms with Crippen LogP contribution in [0.15, 0.2) is 54.6 Å². The van der Waals surface area contributed by atoms with Crippen molar-refractivity contribution in [2.75, 3.05) is 6.61 Å². The summed E-state index contributed by atoms with van der Waals surface area (Å²) in [5.41, 5.74) is 2.24. The van der Waals surface area contributed by atoms with Crippen LogP contribution >= 0.6 is 23.2 Å². The first kappa shape index (κ1) is 19.0. The predicted octanol–water partition coefficient (Wildman–Crippen LogP) is 5.16. The largest absolute Gasteiger partial charge is 0.457 e. The van der Waals surface area contributed by atoms with Crippen molar-refractivity contribution < 1.29 is 14.3 Å². The lowest BCUT2D eigenvalue weighted by atomic mass is 10.0. The lowest BCUT2D eigenvalue weighted by Crippen LogP contribution is -2.24. The highest BCUT2D eigenvalue weighted by Gasteiger charge is 2.69. The van der Waals surface area contributed by atoms with E-state index in [1.54, 1.807) is 6.92 Å². The van der Waals surface area contributed by atoms with Gasteiger partial charge in [0.25, 0.3) is 0 Å². The molecule has 1 saturated carbocycles. The van der Waals surface area contributed by atoms with E-state index in [1.807, 2.05) is 66.2 Å². The number of alkyl halides is 2. The molecule has 0 bridgehead atoms. The number of aryl methyl sites for hydroxylation is 1. The number of halogens is 2. The summed E-state index contributed by atoms with van der Waals surface area (Å²) in [5, 5.41) is 0.826. The van der Waals surface area contributed by atoms with Gasteiger partial charge in [-0.3, -0.25) is 9.59 Å². The van der Waals surface area contributed by atoms with Crippen molar-refractivity contribution in [2.45, 2.75) is 17.7 Å². The number of rotatable bonds is 5. The molecule has 1 aliphatic carbocycles. The van der Waals surface area contributed by atoms with Gasteiger partial charge in [0, 0.05) is 24.4 Å². The van der Waals surface area contributed by atoms with Crippen molar-refractivity contribution in [2.24, 2.45) is 12.5 Å². The van der Waals surface area contributed by atoms with Crippen LogP contribution in [-0.4, -0.2) is 27.3 Å². The number of aromatic nitrogens is 1. The van der Waals surface area contributed by atoms with E-state index in [4.69, 9.17) is 27.9 Å². The zero-order valence-corrected chi connectivity index (χ0v) is 17.1. The summed E-state index contributed by atoms with van der Waals surface area (Å²) in [6.45, 7) is 1.29. The second-order valence-corrected chi connectivity index (χ2v) is 8.86. The van der Waals surface area contributed by atoms with Gasteiger partial charge in [-0.05, 0) is 18.6 Å². The van der Waals surface area contributed by atoms with Gasteiger partial charge in [0.15, 0.2) is 6.61 Å². The maximum Gasteiger partial charge on any atom is 0.315 e. The molecule has 1 atom stereocenters. The molecule has 1 fully saturated rings. The number of nitrogens with zero attached hydrogens (tertiary/aromatic N) is 1. The third kappa shape index (κ3) is 2.92. The Balaban J connectivity index is 1.70. The van der Waals surface area contributed by atoms with Crippen molar-refractivity contribution in [3.8, 4) is 11.3 Å². The minimum absolute atomic E-state index is 0.261. The number of carbonyl (C=O) groups is 2. The van der Waals surface area contributed by atoms with E-state index < -0.39 is 15.7 Å². The summed E-state index contributed by atoms with van der Waals surface area (Å²) in [6, 6.07) is 17.4. The molecule has 4 rings (SSSR count). The Morgan fingerprint density at radius 3 is 2.32 bits per heavy atom. The van der Waals surface area contributed by atoms with E-state index in [-0.39, 0.29) is 12.4 Å². The molecule has 0 spiro atoms. The van der Waals surface area contributed by atoms with Crippen molar-refractivity contribution in [3.05, 3.63) is 60.2 Å². The Morgan fingerprint density at radius 2 is 1.68 bits per heavy atom. The summed E-state index contributed by atoms with van der Waals surface area (Å²) in [6.07, 6.45) is 0.319. The van der Waals surface area contributed by atoms with Gasteiger partial charge < -0.3 is 9.30 Å². The predicted molar refractivity (Wildman–Crippen MR) is 111 cm³/mol. The van der Waals surface area contributed by atoms with Crippen molar-refractivity contribution >= 4 is 45.9 Å². The molecule has 28 heavy (non-hydrogen) atoms. The number of esters is 1. The van der Waals surface area contributed by atoms with Gasteiger partial charge in [-0.2, -0.15) is 0 Å². The van der Waals surface area contributed by atoms with Gasteiger partial charge in [0.2, 0.25) is 5.78 Å². The average molecular weight is 416 g/mol. The molecular formula is C22H19Cl2NO3. The summed E-state index contributed by atoms with van der Waals surface area (Å²) < 4.78 is 6.17. The molecule has 4 nitrogen and oxygen atoms in total. The summed E-state index contributed by atoms with van der Waals surface area (Å²) >= 11 is 12.1. The molecule has 0 saturated heterocycles. The summed E-state index contributed by atoms with van der Waals surface area (Å²) in [4.78, 5) is 25.5. The molecule has 0 unspecified atom stereocenters. The lowest BCUT2D eigenvalue weighted by Gasteiger charge is -2.12. The number of hydrogen-bond acceptors (Lipinski definition) is 3. The number of para-hydroxylation sites is 1. The highest BCUT2D eigenvalue weighted by Crippen LogP contribution is 2.64. The molecule has 1 aromatic heterocycles. The Morgan fingerprint density at radius 1 is 1.07 bits per heavy atom. The highest BCUT2D eigenvalue weighted by molar-refractivity contribution is 6.53. The van der Waals surface area contributed by atoms with Gasteiger partial charge in [-0.1, -0.05) is 48.5 Å². The Hall–Kier alpha value is -2.30. The molecule has 0 N–H and O–H groups in total. The Labute approximate surface area is 173 Å². The van der Waals surface area contributed by atoms with Crippen LogP contribution in [0.5, 0.6) is 0 Å². The number of benzene rings is 2. The van der Waals surface area contributed by atoms with E-state index in [9.17, 15) is 9.59 Å². The fourth-order valence-corrected chi connectivity index (χ4v) is 4.28. The first-order chi connectivity index (χ1) is 13.3. The minimum Gasteiger partial charge on any atom is -0.457 e. The molecule has 2 aromatic carbocycles. The zero-order valence-electron chi connectivity index (χ0n) is 15.5. The number of fused-ring (bicyclic) bond motifs is 1. The fraction of sp³-hybridized carbons (Fsp3) is 0.273. The first-order valence-corrected chi connectivity index (χ1v) is 9.73. The van der Waals surface area contributed by atoms with Crippen molar-refractivity contribution in [1.29, 1.82) is 0 Å². The first-order valence-electron chi connectivity index (χ1n) is 8.97. The third-order valence-electron chi connectivity index (χ3n) is 5.48. The Kier molecular flexibility index (Phi) is 4.52. The number of carbonyl (C=O) groups excluding carboxylic acids is 2. The van der Waals surface area contributed by atoms with Gasteiger partial charge in [0.05, 0.1) is 11.3 Å².